The molecule has 0 saturated carbocycles. The van der Waals surface area contributed by atoms with Gasteiger partial charge in [-0.05, 0) is 18.6 Å². The molecule has 13 heavy (non-hydrogen) atoms. The van der Waals surface area contributed by atoms with Crippen molar-refractivity contribution in [1.82, 2.24) is 0 Å². The molecule has 0 aromatic carbocycles. The Morgan fingerprint density at radius 3 is 3.08 bits per heavy atom. The predicted octanol–water partition coefficient (Wildman–Crippen LogP) is 1.58. The molecule has 0 amide bonds. The van der Waals surface area contributed by atoms with E-state index in [0.29, 0.717) is 6.61 Å². The second-order valence-corrected chi connectivity index (χ2v) is 3.12. The van der Waals surface area contributed by atoms with Crippen molar-refractivity contribution < 1.29 is 9.15 Å². The predicted molar refractivity (Wildman–Crippen MR) is 51.5 cm³/mol. The fourth-order valence-electron chi connectivity index (χ4n) is 1.13. The first kappa shape index (κ1) is 10.3. The summed E-state index contributed by atoms with van der Waals surface area (Å²) in [6, 6.07) is 3.84. The van der Waals surface area contributed by atoms with Crippen molar-refractivity contribution in [2.75, 3.05) is 13.2 Å². The summed E-state index contributed by atoms with van der Waals surface area (Å²) < 4.78 is 10.5. The lowest BCUT2D eigenvalue weighted by Gasteiger charge is -2.09. The summed E-state index contributed by atoms with van der Waals surface area (Å²) in [6.45, 7) is 3.47. The highest BCUT2D eigenvalue weighted by Gasteiger charge is 2.05. The Morgan fingerprint density at radius 1 is 1.62 bits per heavy atom. The zero-order valence-electron chi connectivity index (χ0n) is 8.03. The average molecular weight is 183 g/mol. The molecule has 0 saturated heterocycles. The number of hydrogen-bond acceptors (Lipinski definition) is 3. The molecule has 0 fully saturated rings. The highest BCUT2D eigenvalue weighted by Crippen LogP contribution is 2.03. The minimum absolute atomic E-state index is 0.0395. The van der Waals surface area contributed by atoms with E-state index in [1.807, 2.05) is 12.1 Å². The van der Waals surface area contributed by atoms with E-state index in [9.17, 15) is 0 Å². The Balaban J connectivity index is 2.14. The summed E-state index contributed by atoms with van der Waals surface area (Å²) in [5, 5.41) is 0. The maximum Gasteiger partial charge on any atom is 0.105 e. The highest BCUT2D eigenvalue weighted by molar-refractivity contribution is 4.99. The number of hydrogen-bond donors (Lipinski definition) is 1. The maximum absolute atomic E-state index is 5.82. The molecule has 3 nitrogen and oxygen atoms in total. The van der Waals surface area contributed by atoms with Crippen LogP contribution in [0.5, 0.6) is 0 Å². The number of rotatable bonds is 6. The van der Waals surface area contributed by atoms with Gasteiger partial charge in [-0.3, -0.25) is 0 Å². The van der Waals surface area contributed by atoms with Crippen LogP contribution in [-0.2, 0) is 11.2 Å². The van der Waals surface area contributed by atoms with Crippen LogP contribution in [-0.4, -0.2) is 19.3 Å². The van der Waals surface area contributed by atoms with Gasteiger partial charge in [0.1, 0.15) is 5.76 Å². The van der Waals surface area contributed by atoms with Crippen LogP contribution in [0, 0.1) is 0 Å². The van der Waals surface area contributed by atoms with E-state index in [-0.39, 0.29) is 6.04 Å². The van der Waals surface area contributed by atoms with Crippen LogP contribution in [0.4, 0.5) is 0 Å². The SMILES string of the molecule is CCCOCC(N)Cc1ccco1. The summed E-state index contributed by atoms with van der Waals surface area (Å²) in [5.41, 5.74) is 5.82. The highest BCUT2D eigenvalue weighted by atomic mass is 16.5. The van der Waals surface area contributed by atoms with E-state index >= 15 is 0 Å². The summed E-state index contributed by atoms with van der Waals surface area (Å²) in [7, 11) is 0. The molecule has 1 unspecified atom stereocenters. The first-order valence-electron chi connectivity index (χ1n) is 4.68. The van der Waals surface area contributed by atoms with E-state index in [4.69, 9.17) is 14.9 Å². The van der Waals surface area contributed by atoms with Gasteiger partial charge < -0.3 is 14.9 Å². The van der Waals surface area contributed by atoms with Gasteiger partial charge in [0.25, 0.3) is 0 Å². The van der Waals surface area contributed by atoms with Gasteiger partial charge in [-0.2, -0.15) is 0 Å². The monoisotopic (exact) mass is 183 g/mol. The van der Waals surface area contributed by atoms with Crippen LogP contribution in [0.2, 0.25) is 0 Å². The second kappa shape index (κ2) is 5.78. The maximum atomic E-state index is 5.82. The Kier molecular flexibility index (Phi) is 4.57. The zero-order valence-corrected chi connectivity index (χ0v) is 8.03. The average Bonchev–Trinajstić information content (AvgIpc) is 2.57. The molecular weight excluding hydrogens is 166 g/mol. The third kappa shape index (κ3) is 4.10. The molecule has 1 aromatic rings. The van der Waals surface area contributed by atoms with Crippen molar-refractivity contribution in [3.63, 3.8) is 0 Å². The smallest absolute Gasteiger partial charge is 0.105 e. The molecule has 2 N–H and O–H groups in total. The lowest BCUT2D eigenvalue weighted by molar-refractivity contribution is 0.120. The molecular formula is C10H17NO2. The van der Waals surface area contributed by atoms with Crippen molar-refractivity contribution in [2.45, 2.75) is 25.8 Å². The van der Waals surface area contributed by atoms with Crippen LogP contribution in [0.15, 0.2) is 22.8 Å². The van der Waals surface area contributed by atoms with E-state index in [1.165, 1.54) is 0 Å². The molecule has 0 aliphatic rings. The van der Waals surface area contributed by atoms with E-state index in [0.717, 1.165) is 25.2 Å². The van der Waals surface area contributed by atoms with Gasteiger partial charge in [-0.1, -0.05) is 6.92 Å². The van der Waals surface area contributed by atoms with Gasteiger partial charge in [-0.15, -0.1) is 0 Å². The first-order chi connectivity index (χ1) is 6.33. The second-order valence-electron chi connectivity index (χ2n) is 3.12. The fraction of sp³-hybridized carbons (Fsp3) is 0.600. The van der Waals surface area contributed by atoms with Crippen molar-refractivity contribution >= 4 is 0 Å². The Hall–Kier alpha value is -0.800. The molecule has 1 atom stereocenters. The molecule has 1 heterocycles. The van der Waals surface area contributed by atoms with Crippen molar-refractivity contribution in [3.8, 4) is 0 Å². The standard InChI is InChI=1S/C10H17NO2/c1-2-5-12-8-9(11)7-10-4-3-6-13-10/h3-4,6,9H,2,5,7-8,11H2,1H3. The lowest BCUT2D eigenvalue weighted by atomic mass is 10.2. The minimum atomic E-state index is 0.0395. The normalized spacial score (nSPS) is 13.1. The van der Waals surface area contributed by atoms with Gasteiger partial charge in [-0.25, -0.2) is 0 Å². The first-order valence-corrected chi connectivity index (χ1v) is 4.68. The van der Waals surface area contributed by atoms with E-state index in [2.05, 4.69) is 6.92 Å². The van der Waals surface area contributed by atoms with Crippen molar-refractivity contribution in [1.29, 1.82) is 0 Å². The van der Waals surface area contributed by atoms with Gasteiger partial charge in [0, 0.05) is 19.1 Å². The fourth-order valence-corrected chi connectivity index (χ4v) is 1.13. The molecule has 1 rings (SSSR count). The molecule has 0 aliphatic heterocycles. The number of nitrogens with two attached hydrogens (primary N) is 1. The topological polar surface area (TPSA) is 48.4 Å². The Morgan fingerprint density at radius 2 is 2.46 bits per heavy atom. The number of ether oxygens (including phenoxy) is 1. The molecule has 1 aromatic heterocycles. The Labute approximate surface area is 78.9 Å². The van der Waals surface area contributed by atoms with E-state index < -0.39 is 0 Å². The Bertz CT molecular complexity index is 209. The zero-order chi connectivity index (χ0) is 9.52. The van der Waals surface area contributed by atoms with Crippen LogP contribution in [0.3, 0.4) is 0 Å². The van der Waals surface area contributed by atoms with Gasteiger partial charge in [0.2, 0.25) is 0 Å². The summed E-state index contributed by atoms with van der Waals surface area (Å²) in [5.74, 6) is 0.924. The summed E-state index contributed by atoms with van der Waals surface area (Å²) in [6.07, 6.45) is 3.44. The van der Waals surface area contributed by atoms with Crippen molar-refractivity contribution in [2.24, 2.45) is 5.73 Å². The summed E-state index contributed by atoms with van der Waals surface area (Å²) in [4.78, 5) is 0. The lowest BCUT2D eigenvalue weighted by Crippen LogP contribution is -2.28. The van der Waals surface area contributed by atoms with Crippen LogP contribution in [0.1, 0.15) is 19.1 Å². The van der Waals surface area contributed by atoms with E-state index in [1.54, 1.807) is 6.26 Å². The van der Waals surface area contributed by atoms with Gasteiger partial charge >= 0.3 is 0 Å². The van der Waals surface area contributed by atoms with Crippen LogP contribution >= 0.6 is 0 Å². The third-order valence-corrected chi connectivity index (χ3v) is 1.72. The molecule has 0 radical (unpaired) electrons. The van der Waals surface area contributed by atoms with Crippen LogP contribution in [0.25, 0.3) is 0 Å². The van der Waals surface area contributed by atoms with Crippen molar-refractivity contribution in [3.05, 3.63) is 24.2 Å². The molecule has 74 valence electrons. The minimum Gasteiger partial charge on any atom is -0.469 e. The van der Waals surface area contributed by atoms with Crippen LogP contribution < -0.4 is 5.73 Å². The summed E-state index contributed by atoms with van der Waals surface area (Å²) >= 11 is 0. The number of furan rings is 1. The molecule has 0 spiro atoms. The molecule has 0 bridgehead atoms. The third-order valence-electron chi connectivity index (χ3n) is 1.72. The van der Waals surface area contributed by atoms with Gasteiger partial charge in [0.05, 0.1) is 12.9 Å². The molecule has 0 aliphatic carbocycles. The van der Waals surface area contributed by atoms with Gasteiger partial charge in [0.15, 0.2) is 0 Å². The largest absolute Gasteiger partial charge is 0.469 e. The quantitative estimate of drug-likeness (QED) is 0.681. The molecule has 3 heteroatoms.